The van der Waals surface area contributed by atoms with Crippen molar-refractivity contribution in [3.05, 3.63) is 47.3 Å². The number of rotatable bonds is 7. The Labute approximate surface area is 228 Å². The highest BCUT2D eigenvalue weighted by molar-refractivity contribution is 7.13. The van der Waals surface area contributed by atoms with Gasteiger partial charge in [-0.3, -0.25) is 14.4 Å². The molecule has 8 nitrogen and oxygen atoms in total. The highest BCUT2D eigenvalue weighted by atomic mass is 32.1. The molecule has 4 heterocycles. The summed E-state index contributed by atoms with van der Waals surface area (Å²) < 4.78 is 0. The van der Waals surface area contributed by atoms with Gasteiger partial charge in [-0.2, -0.15) is 0 Å². The number of piperidine rings is 1. The summed E-state index contributed by atoms with van der Waals surface area (Å²) in [5.74, 6) is -0.137. The van der Waals surface area contributed by atoms with Gasteiger partial charge >= 0.3 is 6.03 Å². The molecule has 1 aromatic heterocycles. The SMILES string of the molecule is CC(CCNC(=O)c1ccc(-c2cccs2)cc1)CC(=O)N1CCC2C1C(=O)CN2C(=O)N1CCCCC1. The lowest BCUT2D eigenvalue weighted by Gasteiger charge is -2.33. The number of Topliss-reactive ketones (excluding diaryl/α,β-unsaturated/α-hetero) is 1. The highest BCUT2D eigenvalue weighted by Gasteiger charge is 2.52. The van der Waals surface area contributed by atoms with Crippen LogP contribution in [0, 0.1) is 5.92 Å². The van der Waals surface area contributed by atoms with Crippen LogP contribution in [0.5, 0.6) is 0 Å². The molecule has 3 atom stereocenters. The zero-order valence-electron chi connectivity index (χ0n) is 21.9. The van der Waals surface area contributed by atoms with Gasteiger partial charge in [0.25, 0.3) is 5.91 Å². The van der Waals surface area contributed by atoms with E-state index in [4.69, 9.17) is 0 Å². The maximum atomic E-state index is 13.1. The number of amides is 4. The number of nitrogens with one attached hydrogen (secondary N) is 1. The second-order valence-corrected chi connectivity index (χ2v) is 11.7. The summed E-state index contributed by atoms with van der Waals surface area (Å²) >= 11 is 1.66. The molecule has 3 unspecified atom stereocenters. The molecule has 3 fully saturated rings. The molecule has 9 heteroatoms. The number of ketones is 1. The number of fused-ring (bicyclic) bond motifs is 1. The number of thiophene rings is 1. The number of urea groups is 1. The summed E-state index contributed by atoms with van der Waals surface area (Å²) in [4.78, 5) is 58.1. The van der Waals surface area contributed by atoms with Crippen molar-refractivity contribution in [3.8, 4) is 10.4 Å². The molecule has 0 spiro atoms. The highest BCUT2D eigenvalue weighted by Crippen LogP contribution is 2.32. The Bertz CT molecular complexity index is 1160. The van der Waals surface area contributed by atoms with Crippen molar-refractivity contribution in [1.29, 1.82) is 0 Å². The zero-order chi connectivity index (χ0) is 26.6. The van der Waals surface area contributed by atoms with Gasteiger partial charge in [-0.25, -0.2) is 4.79 Å². The Morgan fingerprint density at radius 2 is 1.79 bits per heavy atom. The second-order valence-electron chi connectivity index (χ2n) is 10.7. The molecule has 0 bridgehead atoms. The summed E-state index contributed by atoms with van der Waals surface area (Å²) in [7, 11) is 0. The standard InChI is InChI=1S/C29H36N4O4S/c1-20(11-13-30-28(36)22-9-7-21(8-10-22)25-6-5-17-38-25)18-26(35)32-16-12-23-27(32)24(34)19-33(23)29(37)31-14-3-2-4-15-31/h5-10,17,20,23,27H,2-4,11-16,18-19H2,1H3,(H,30,36). The van der Waals surface area contributed by atoms with E-state index in [1.54, 1.807) is 21.1 Å². The molecule has 5 rings (SSSR count). The molecule has 0 saturated carbocycles. The molecule has 0 radical (unpaired) electrons. The lowest BCUT2D eigenvalue weighted by molar-refractivity contribution is -0.137. The van der Waals surface area contributed by atoms with Crippen LogP contribution in [0.2, 0.25) is 0 Å². The molecule has 2 aromatic rings. The van der Waals surface area contributed by atoms with Gasteiger partial charge in [0.15, 0.2) is 5.78 Å². The average Bonchev–Trinajstić information content (AvgIpc) is 3.68. The molecule has 1 aromatic carbocycles. The molecule has 3 aliphatic rings. The minimum Gasteiger partial charge on any atom is -0.352 e. The van der Waals surface area contributed by atoms with Crippen molar-refractivity contribution in [2.45, 2.75) is 57.5 Å². The molecule has 202 valence electrons. The van der Waals surface area contributed by atoms with Gasteiger partial charge < -0.3 is 20.0 Å². The van der Waals surface area contributed by atoms with Crippen molar-refractivity contribution in [1.82, 2.24) is 20.0 Å². The Balaban J connectivity index is 1.08. The van der Waals surface area contributed by atoms with Crippen molar-refractivity contribution < 1.29 is 19.2 Å². The maximum Gasteiger partial charge on any atom is 0.320 e. The normalized spacial score (nSPS) is 21.9. The van der Waals surface area contributed by atoms with Gasteiger partial charge in [0.05, 0.1) is 12.6 Å². The van der Waals surface area contributed by atoms with E-state index in [0.717, 1.165) is 37.9 Å². The first-order valence-electron chi connectivity index (χ1n) is 13.7. The topological polar surface area (TPSA) is 90.0 Å². The predicted octanol–water partition coefficient (Wildman–Crippen LogP) is 4.02. The number of nitrogens with zero attached hydrogens (tertiary/aromatic N) is 3. The maximum absolute atomic E-state index is 13.1. The van der Waals surface area contributed by atoms with Crippen LogP contribution in [-0.2, 0) is 9.59 Å². The van der Waals surface area contributed by atoms with E-state index in [1.807, 2.05) is 47.5 Å². The lowest BCUT2D eigenvalue weighted by Crippen LogP contribution is -2.49. The fourth-order valence-corrected chi connectivity index (χ4v) is 6.64. The quantitative estimate of drug-likeness (QED) is 0.579. The van der Waals surface area contributed by atoms with Gasteiger partial charge in [-0.05, 0) is 67.2 Å². The van der Waals surface area contributed by atoms with E-state index in [1.165, 1.54) is 4.88 Å². The van der Waals surface area contributed by atoms with E-state index in [2.05, 4.69) is 11.4 Å². The molecule has 0 aliphatic carbocycles. The minimum atomic E-state index is -0.514. The predicted molar refractivity (Wildman–Crippen MR) is 147 cm³/mol. The van der Waals surface area contributed by atoms with Gasteiger partial charge in [-0.15, -0.1) is 11.3 Å². The summed E-state index contributed by atoms with van der Waals surface area (Å²) in [5, 5.41) is 4.99. The van der Waals surface area contributed by atoms with Crippen LogP contribution in [0.4, 0.5) is 4.79 Å². The third kappa shape index (κ3) is 5.62. The number of hydrogen-bond donors (Lipinski definition) is 1. The number of benzene rings is 1. The van der Waals surface area contributed by atoms with Crippen LogP contribution in [0.25, 0.3) is 10.4 Å². The van der Waals surface area contributed by atoms with Gasteiger partial charge in [0, 0.05) is 43.0 Å². The third-order valence-electron chi connectivity index (χ3n) is 8.01. The number of likely N-dealkylation sites (tertiary alicyclic amines) is 3. The van der Waals surface area contributed by atoms with Crippen molar-refractivity contribution in [3.63, 3.8) is 0 Å². The first-order valence-corrected chi connectivity index (χ1v) is 14.6. The van der Waals surface area contributed by atoms with Crippen LogP contribution in [0.1, 0.15) is 55.8 Å². The molecule has 1 N–H and O–H groups in total. The van der Waals surface area contributed by atoms with Gasteiger partial charge in [0.2, 0.25) is 5.91 Å². The molecular weight excluding hydrogens is 500 g/mol. The van der Waals surface area contributed by atoms with Crippen molar-refractivity contribution in [2.75, 3.05) is 32.7 Å². The van der Waals surface area contributed by atoms with E-state index in [-0.39, 0.29) is 42.1 Å². The molecular formula is C29H36N4O4S. The smallest absolute Gasteiger partial charge is 0.320 e. The summed E-state index contributed by atoms with van der Waals surface area (Å²) in [6.07, 6.45) is 4.79. The first kappa shape index (κ1) is 26.4. The second kappa shape index (κ2) is 11.7. The molecule has 4 amide bonds. The monoisotopic (exact) mass is 536 g/mol. The largest absolute Gasteiger partial charge is 0.352 e. The number of carbonyl (C=O) groups excluding carboxylic acids is 4. The molecule has 38 heavy (non-hydrogen) atoms. The fourth-order valence-electron chi connectivity index (χ4n) is 5.91. The Kier molecular flexibility index (Phi) is 8.12. The van der Waals surface area contributed by atoms with Crippen LogP contribution in [0.15, 0.2) is 41.8 Å². The Hall–Kier alpha value is -3.20. The van der Waals surface area contributed by atoms with Crippen LogP contribution in [0.3, 0.4) is 0 Å². The summed E-state index contributed by atoms with van der Waals surface area (Å²) in [5.41, 5.74) is 1.70. The fraction of sp³-hybridized carbons (Fsp3) is 0.517. The Morgan fingerprint density at radius 1 is 1.03 bits per heavy atom. The number of hydrogen-bond acceptors (Lipinski definition) is 5. The van der Waals surface area contributed by atoms with Crippen LogP contribution >= 0.6 is 11.3 Å². The first-order chi connectivity index (χ1) is 18.4. The number of carbonyl (C=O) groups is 4. The Morgan fingerprint density at radius 3 is 2.50 bits per heavy atom. The average molecular weight is 537 g/mol. The van der Waals surface area contributed by atoms with Crippen LogP contribution < -0.4 is 5.32 Å². The van der Waals surface area contributed by atoms with E-state index in [9.17, 15) is 19.2 Å². The minimum absolute atomic E-state index is 0.0313. The third-order valence-corrected chi connectivity index (χ3v) is 8.93. The van der Waals surface area contributed by atoms with Crippen molar-refractivity contribution in [2.24, 2.45) is 5.92 Å². The van der Waals surface area contributed by atoms with Crippen molar-refractivity contribution >= 4 is 35.0 Å². The van der Waals surface area contributed by atoms with Crippen LogP contribution in [-0.4, -0.2) is 83.1 Å². The van der Waals surface area contributed by atoms with E-state index >= 15 is 0 Å². The molecule has 3 saturated heterocycles. The summed E-state index contributed by atoms with van der Waals surface area (Å²) in [6, 6.07) is 10.9. The lowest BCUT2D eigenvalue weighted by atomic mass is 10.0. The molecule has 3 aliphatic heterocycles. The van der Waals surface area contributed by atoms with Gasteiger partial charge in [0.1, 0.15) is 6.04 Å². The zero-order valence-corrected chi connectivity index (χ0v) is 22.8. The van der Waals surface area contributed by atoms with Gasteiger partial charge in [-0.1, -0.05) is 25.1 Å². The van der Waals surface area contributed by atoms with E-state index in [0.29, 0.717) is 37.9 Å². The summed E-state index contributed by atoms with van der Waals surface area (Å²) in [6.45, 7) is 4.58. The van der Waals surface area contributed by atoms with E-state index < -0.39 is 6.04 Å².